The van der Waals surface area contributed by atoms with E-state index in [-0.39, 0.29) is 11.6 Å². The molecule has 0 amide bonds. The standard InChI is InChI=1S/C50H54N6O6/c1-31-51-21-23-53(31)29-35-25-41(47-45(49(35)59)37-15-7-9-17-39(37)55(47)27-33-11-3-4-12-33)61-43(57)19-20-44(58)62-42-26-36(30-54-24-22-52-32(54)2)50(60)46-38-16-8-10-18-40(38)56(48(42)46)28-34-13-5-6-14-34/h7-10,15-24,33-36,41-42H,3-6,11-14,25-30H2,1-2H3/b20-19-. The van der Waals surface area contributed by atoms with Crippen LogP contribution in [-0.2, 0) is 45.2 Å². The van der Waals surface area contributed by atoms with Gasteiger partial charge in [-0.1, -0.05) is 62.1 Å². The zero-order chi connectivity index (χ0) is 42.5. The Balaban J connectivity index is 0.948. The van der Waals surface area contributed by atoms with E-state index in [1.54, 1.807) is 12.4 Å². The van der Waals surface area contributed by atoms with Crippen LogP contribution in [0.2, 0.25) is 0 Å². The van der Waals surface area contributed by atoms with Gasteiger partial charge in [0.05, 0.1) is 22.5 Å². The van der Waals surface area contributed by atoms with E-state index >= 15 is 0 Å². The summed E-state index contributed by atoms with van der Waals surface area (Å²) in [6, 6.07) is 16.0. The predicted octanol–water partition coefficient (Wildman–Crippen LogP) is 9.22. The van der Waals surface area contributed by atoms with Gasteiger partial charge in [-0.3, -0.25) is 9.59 Å². The number of aryl methyl sites for hydroxylation is 2. The number of rotatable bonds is 12. The Bertz CT molecular complexity index is 2530. The van der Waals surface area contributed by atoms with Gasteiger partial charge in [0.2, 0.25) is 0 Å². The highest BCUT2D eigenvalue weighted by atomic mass is 16.5. The van der Waals surface area contributed by atoms with E-state index < -0.39 is 36.0 Å². The molecular weight excluding hydrogens is 781 g/mol. The molecule has 0 radical (unpaired) electrons. The molecule has 12 nitrogen and oxygen atoms in total. The highest BCUT2D eigenvalue weighted by Gasteiger charge is 2.43. The van der Waals surface area contributed by atoms with Crippen LogP contribution in [0.25, 0.3) is 21.8 Å². The first-order valence-corrected chi connectivity index (χ1v) is 22.6. The number of hydrogen-bond acceptors (Lipinski definition) is 8. The number of hydrogen-bond donors (Lipinski definition) is 0. The molecule has 4 aliphatic rings. The largest absolute Gasteiger partial charge is 0.453 e. The molecule has 4 unspecified atom stereocenters. The van der Waals surface area contributed by atoms with E-state index in [4.69, 9.17) is 9.47 Å². The van der Waals surface area contributed by atoms with E-state index in [0.717, 1.165) is 95.8 Å². The van der Waals surface area contributed by atoms with Gasteiger partial charge in [0.15, 0.2) is 11.6 Å². The second kappa shape index (κ2) is 16.7. The second-order valence-corrected chi connectivity index (χ2v) is 18.1. The summed E-state index contributed by atoms with van der Waals surface area (Å²) in [5.74, 6) is 0.347. The molecule has 0 aliphatic heterocycles. The highest BCUT2D eigenvalue weighted by molar-refractivity contribution is 6.12. The summed E-state index contributed by atoms with van der Waals surface area (Å²) in [7, 11) is 0. The zero-order valence-electron chi connectivity index (χ0n) is 35.6. The van der Waals surface area contributed by atoms with Gasteiger partial charge in [-0.25, -0.2) is 19.6 Å². The third-order valence-corrected chi connectivity index (χ3v) is 14.2. The lowest BCUT2D eigenvalue weighted by Crippen LogP contribution is -2.32. The SMILES string of the molecule is Cc1nccn1CC1CC(OC(=O)/C=C\C(=O)OC2CC(Cn3ccnc3C)C(=O)c3c2n(CC2CCCC2)c2ccccc32)c2c(c3ccccc3n2CC2CCCC2)C1=O. The van der Waals surface area contributed by atoms with Gasteiger partial charge in [0.25, 0.3) is 0 Å². The molecule has 2 saturated carbocycles. The number of fused-ring (bicyclic) bond motifs is 6. The third-order valence-electron chi connectivity index (χ3n) is 14.2. The smallest absolute Gasteiger partial charge is 0.331 e. The predicted molar refractivity (Wildman–Crippen MR) is 233 cm³/mol. The molecule has 6 aromatic rings. The molecule has 0 saturated heterocycles. The fourth-order valence-electron chi connectivity index (χ4n) is 11.2. The zero-order valence-corrected chi connectivity index (χ0v) is 35.6. The number of Topliss-reactive ketones (excluding diaryl/α,β-unsaturated/α-hetero) is 2. The van der Waals surface area contributed by atoms with Crippen LogP contribution in [0.4, 0.5) is 0 Å². The molecule has 2 fully saturated rings. The number of ketones is 2. The van der Waals surface area contributed by atoms with E-state index in [1.165, 1.54) is 25.7 Å². The summed E-state index contributed by atoms with van der Waals surface area (Å²) in [5.41, 5.74) is 4.64. The second-order valence-electron chi connectivity index (χ2n) is 18.1. The number of imidazole rings is 2. The summed E-state index contributed by atoms with van der Waals surface area (Å²) in [6.45, 7) is 6.14. The first-order chi connectivity index (χ1) is 30.2. The molecule has 0 spiro atoms. The number of aromatic nitrogens is 6. The summed E-state index contributed by atoms with van der Waals surface area (Å²) in [5, 5.41) is 1.74. The van der Waals surface area contributed by atoms with Crippen LogP contribution in [0.1, 0.15) is 120 Å². The highest BCUT2D eigenvalue weighted by Crippen LogP contribution is 2.45. The van der Waals surface area contributed by atoms with Gasteiger partial charge in [-0.2, -0.15) is 0 Å². The topological polar surface area (TPSA) is 132 Å². The third kappa shape index (κ3) is 7.41. The molecule has 10 rings (SSSR count). The molecule has 12 heteroatoms. The minimum absolute atomic E-state index is 0.0399. The molecule has 2 aromatic carbocycles. The first kappa shape index (κ1) is 40.1. The van der Waals surface area contributed by atoms with Crippen molar-refractivity contribution in [1.82, 2.24) is 28.2 Å². The summed E-state index contributed by atoms with van der Waals surface area (Å²) in [4.78, 5) is 65.6. The Hall–Kier alpha value is -6.04. The number of carbonyl (C=O) groups excluding carboxylic acids is 4. The Kier molecular flexibility index (Phi) is 10.8. The fraction of sp³-hybridized carbons (Fsp3) is 0.440. The van der Waals surface area contributed by atoms with Crippen molar-refractivity contribution in [1.29, 1.82) is 0 Å². The van der Waals surface area contributed by atoms with Gasteiger partial charge in [-0.15, -0.1) is 0 Å². The maximum Gasteiger partial charge on any atom is 0.331 e. The van der Waals surface area contributed by atoms with Crippen molar-refractivity contribution >= 4 is 45.3 Å². The maximum atomic E-state index is 14.5. The molecule has 0 N–H and O–H groups in total. The van der Waals surface area contributed by atoms with Crippen molar-refractivity contribution in [3.05, 3.63) is 120 Å². The molecule has 62 heavy (non-hydrogen) atoms. The van der Waals surface area contributed by atoms with Crippen LogP contribution in [0.15, 0.2) is 85.5 Å². The molecule has 4 aliphatic carbocycles. The van der Waals surface area contributed by atoms with Crippen molar-refractivity contribution < 1.29 is 28.7 Å². The van der Waals surface area contributed by atoms with Crippen molar-refractivity contribution in [3.8, 4) is 0 Å². The molecule has 4 atom stereocenters. The van der Waals surface area contributed by atoms with Gasteiger partial charge >= 0.3 is 11.9 Å². The molecule has 4 heterocycles. The number of nitrogens with zero attached hydrogens (tertiary/aromatic N) is 6. The lowest BCUT2D eigenvalue weighted by Gasteiger charge is -2.31. The van der Waals surface area contributed by atoms with Crippen LogP contribution in [0, 0.1) is 37.5 Å². The van der Waals surface area contributed by atoms with Crippen LogP contribution < -0.4 is 0 Å². The Morgan fingerprint density at radius 2 is 1.02 bits per heavy atom. The van der Waals surface area contributed by atoms with Crippen LogP contribution >= 0.6 is 0 Å². The van der Waals surface area contributed by atoms with Crippen molar-refractivity contribution in [2.45, 2.75) is 116 Å². The minimum Gasteiger partial charge on any atom is -0.453 e. The van der Waals surface area contributed by atoms with Crippen molar-refractivity contribution in [2.75, 3.05) is 0 Å². The number of ether oxygens (including phenoxy) is 2. The first-order valence-electron chi connectivity index (χ1n) is 22.6. The molecule has 4 aromatic heterocycles. The van der Waals surface area contributed by atoms with E-state index in [9.17, 15) is 19.2 Å². The Morgan fingerprint density at radius 3 is 1.40 bits per heavy atom. The fourth-order valence-corrected chi connectivity index (χ4v) is 11.2. The van der Waals surface area contributed by atoms with Gasteiger partial charge < -0.3 is 27.7 Å². The van der Waals surface area contributed by atoms with Crippen LogP contribution in [0.3, 0.4) is 0 Å². The average molecular weight is 835 g/mol. The van der Waals surface area contributed by atoms with Crippen molar-refractivity contribution in [3.63, 3.8) is 0 Å². The normalized spacial score (nSPS) is 22.0. The number of benzene rings is 2. The monoisotopic (exact) mass is 834 g/mol. The maximum absolute atomic E-state index is 14.5. The van der Waals surface area contributed by atoms with Gasteiger partial charge in [-0.05, 0) is 63.5 Å². The van der Waals surface area contributed by atoms with Gasteiger partial charge in [0, 0.05) is 110 Å². The molecular formula is C50H54N6O6. The average Bonchev–Trinajstić information content (AvgIpc) is 4.15. The Morgan fingerprint density at radius 1 is 0.613 bits per heavy atom. The summed E-state index contributed by atoms with van der Waals surface area (Å²) < 4.78 is 21.0. The number of para-hydroxylation sites is 2. The van der Waals surface area contributed by atoms with Crippen LogP contribution in [-0.4, -0.2) is 51.7 Å². The lowest BCUT2D eigenvalue weighted by molar-refractivity contribution is -0.147. The minimum atomic E-state index is -0.718. The number of esters is 2. The summed E-state index contributed by atoms with van der Waals surface area (Å²) in [6.07, 6.45) is 17.9. The van der Waals surface area contributed by atoms with Gasteiger partial charge in [0.1, 0.15) is 23.9 Å². The van der Waals surface area contributed by atoms with E-state index in [2.05, 4.69) is 31.2 Å². The summed E-state index contributed by atoms with van der Waals surface area (Å²) >= 11 is 0. The van der Waals surface area contributed by atoms with E-state index in [1.807, 2.05) is 71.8 Å². The molecule has 320 valence electrons. The van der Waals surface area contributed by atoms with Crippen LogP contribution in [0.5, 0.6) is 0 Å². The Labute approximate surface area is 360 Å². The molecule has 0 bridgehead atoms. The number of carbonyl (C=O) groups is 4. The van der Waals surface area contributed by atoms with Crippen molar-refractivity contribution in [2.24, 2.45) is 23.7 Å². The lowest BCUT2D eigenvalue weighted by atomic mass is 9.83. The quantitative estimate of drug-likeness (QED) is 0.0881. The van der Waals surface area contributed by atoms with E-state index in [0.29, 0.717) is 48.9 Å².